The van der Waals surface area contributed by atoms with Gasteiger partial charge in [0.2, 0.25) is 12.5 Å². The number of hydrogen-bond donors (Lipinski definition) is 2. The molecular formula is C12H18N2O3. The van der Waals surface area contributed by atoms with Crippen LogP contribution in [0.15, 0.2) is 12.1 Å². The minimum Gasteiger partial charge on any atom is -0.493 e. The number of rotatable bonds is 5. The number of ether oxygens (including phenoxy) is 3. The standard InChI is InChI=1S/C12H18N2O3/c1-15-10-5-8(9(14)3-2-4-13)6-11-12(10)17-7-16-11/h5-6,9H,2-4,7,13-14H2,1H3/t9-/m1/s1. The lowest BCUT2D eigenvalue weighted by molar-refractivity contribution is 0.171. The lowest BCUT2D eigenvalue weighted by Crippen LogP contribution is -2.12. The van der Waals surface area contributed by atoms with Crippen LogP contribution in [0, 0.1) is 0 Å². The zero-order valence-corrected chi connectivity index (χ0v) is 9.94. The van der Waals surface area contributed by atoms with E-state index < -0.39 is 0 Å². The average Bonchev–Trinajstić information content (AvgIpc) is 2.82. The number of fused-ring (bicyclic) bond motifs is 1. The van der Waals surface area contributed by atoms with Crippen LogP contribution in [0.3, 0.4) is 0 Å². The maximum Gasteiger partial charge on any atom is 0.231 e. The Bertz CT molecular complexity index is 396. The monoisotopic (exact) mass is 238 g/mol. The first kappa shape index (κ1) is 12.0. The van der Waals surface area contributed by atoms with Gasteiger partial charge in [0.15, 0.2) is 11.5 Å². The van der Waals surface area contributed by atoms with Gasteiger partial charge in [-0.05, 0) is 37.1 Å². The van der Waals surface area contributed by atoms with Gasteiger partial charge in [-0.25, -0.2) is 0 Å². The van der Waals surface area contributed by atoms with Gasteiger partial charge in [-0.1, -0.05) is 0 Å². The van der Waals surface area contributed by atoms with E-state index in [0.717, 1.165) is 18.4 Å². The Hall–Kier alpha value is -1.46. The highest BCUT2D eigenvalue weighted by molar-refractivity contribution is 5.55. The molecule has 0 saturated carbocycles. The molecule has 1 aliphatic rings. The van der Waals surface area contributed by atoms with Crippen LogP contribution in [0.2, 0.25) is 0 Å². The third-order valence-electron chi connectivity index (χ3n) is 2.83. The highest BCUT2D eigenvalue weighted by Crippen LogP contribution is 2.43. The molecule has 0 amide bonds. The number of hydrogen-bond acceptors (Lipinski definition) is 5. The molecule has 94 valence electrons. The zero-order valence-electron chi connectivity index (χ0n) is 9.94. The second-order valence-corrected chi connectivity index (χ2v) is 3.99. The van der Waals surface area contributed by atoms with Gasteiger partial charge in [0.1, 0.15) is 0 Å². The van der Waals surface area contributed by atoms with E-state index >= 15 is 0 Å². The molecule has 0 aromatic heterocycles. The molecule has 5 nitrogen and oxygen atoms in total. The summed E-state index contributed by atoms with van der Waals surface area (Å²) in [5, 5.41) is 0. The summed E-state index contributed by atoms with van der Waals surface area (Å²) in [5.74, 6) is 2.02. The van der Waals surface area contributed by atoms with Crippen LogP contribution in [-0.4, -0.2) is 20.4 Å². The third kappa shape index (κ3) is 2.45. The molecule has 0 unspecified atom stereocenters. The summed E-state index contributed by atoms with van der Waals surface area (Å²) in [6.07, 6.45) is 1.75. The van der Waals surface area contributed by atoms with E-state index in [4.69, 9.17) is 25.7 Å². The van der Waals surface area contributed by atoms with Crippen molar-refractivity contribution in [1.29, 1.82) is 0 Å². The molecule has 0 aliphatic carbocycles. The highest BCUT2D eigenvalue weighted by Gasteiger charge is 2.21. The van der Waals surface area contributed by atoms with Crippen molar-refractivity contribution in [1.82, 2.24) is 0 Å². The van der Waals surface area contributed by atoms with E-state index in [1.807, 2.05) is 12.1 Å². The van der Waals surface area contributed by atoms with Crippen molar-refractivity contribution >= 4 is 0 Å². The van der Waals surface area contributed by atoms with Gasteiger partial charge >= 0.3 is 0 Å². The van der Waals surface area contributed by atoms with Crippen molar-refractivity contribution in [3.05, 3.63) is 17.7 Å². The molecule has 0 spiro atoms. The van der Waals surface area contributed by atoms with Crippen LogP contribution in [0.4, 0.5) is 0 Å². The Labute approximate surface area is 101 Å². The van der Waals surface area contributed by atoms with E-state index in [9.17, 15) is 0 Å². The molecule has 1 aliphatic heterocycles. The molecule has 1 aromatic carbocycles. The summed E-state index contributed by atoms with van der Waals surface area (Å²) < 4.78 is 15.9. The molecule has 1 atom stereocenters. The van der Waals surface area contributed by atoms with E-state index in [0.29, 0.717) is 23.8 Å². The lowest BCUT2D eigenvalue weighted by Gasteiger charge is -2.14. The van der Waals surface area contributed by atoms with Gasteiger partial charge < -0.3 is 25.7 Å². The predicted octanol–water partition coefficient (Wildman–Crippen LogP) is 1.16. The largest absolute Gasteiger partial charge is 0.493 e. The maximum atomic E-state index is 6.09. The molecule has 4 N–H and O–H groups in total. The van der Waals surface area contributed by atoms with Gasteiger partial charge in [0.05, 0.1) is 7.11 Å². The van der Waals surface area contributed by atoms with Crippen molar-refractivity contribution < 1.29 is 14.2 Å². The highest BCUT2D eigenvalue weighted by atomic mass is 16.7. The van der Waals surface area contributed by atoms with Crippen molar-refractivity contribution in [2.75, 3.05) is 20.4 Å². The second-order valence-electron chi connectivity index (χ2n) is 3.99. The summed E-state index contributed by atoms with van der Waals surface area (Å²) in [6.45, 7) is 0.878. The Kier molecular flexibility index (Phi) is 3.71. The Balaban J connectivity index is 2.23. The van der Waals surface area contributed by atoms with Crippen molar-refractivity contribution in [3.8, 4) is 17.2 Å². The quantitative estimate of drug-likeness (QED) is 0.804. The van der Waals surface area contributed by atoms with Gasteiger partial charge in [-0.2, -0.15) is 0 Å². The number of nitrogens with two attached hydrogens (primary N) is 2. The first-order valence-corrected chi connectivity index (χ1v) is 5.69. The minimum atomic E-state index is -0.0538. The molecule has 0 fully saturated rings. The summed E-state index contributed by atoms with van der Waals surface area (Å²) in [7, 11) is 1.60. The first-order valence-electron chi connectivity index (χ1n) is 5.69. The molecule has 17 heavy (non-hydrogen) atoms. The van der Waals surface area contributed by atoms with Crippen LogP contribution in [-0.2, 0) is 0 Å². The van der Waals surface area contributed by atoms with Gasteiger partial charge in [-0.3, -0.25) is 0 Å². The summed E-state index contributed by atoms with van der Waals surface area (Å²) >= 11 is 0. The molecule has 2 rings (SSSR count). The van der Waals surface area contributed by atoms with Crippen LogP contribution < -0.4 is 25.7 Å². The fourth-order valence-electron chi connectivity index (χ4n) is 1.87. The van der Waals surface area contributed by atoms with Crippen LogP contribution in [0.1, 0.15) is 24.4 Å². The Morgan fingerprint density at radius 1 is 1.41 bits per heavy atom. The molecule has 0 bridgehead atoms. The van der Waals surface area contributed by atoms with Gasteiger partial charge in [0.25, 0.3) is 0 Å². The zero-order chi connectivity index (χ0) is 12.3. The maximum absolute atomic E-state index is 6.09. The van der Waals surface area contributed by atoms with Crippen LogP contribution in [0.25, 0.3) is 0 Å². The molecule has 0 saturated heterocycles. The second kappa shape index (κ2) is 5.25. The van der Waals surface area contributed by atoms with Crippen molar-refractivity contribution in [3.63, 3.8) is 0 Å². The minimum absolute atomic E-state index is 0.0538. The van der Waals surface area contributed by atoms with E-state index in [1.165, 1.54) is 0 Å². The average molecular weight is 238 g/mol. The fraction of sp³-hybridized carbons (Fsp3) is 0.500. The Morgan fingerprint density at radius 2 is 2.24 bits per heavy atom. The summed E-state index contributed by atoms with van der Waals surface area (Å²) in [5.41, 5.74) is 12.6. The SMILES string of the molecule is COc1cc([C@H](N)CCCN)cc2c1OCO2. The van der Waals surface area contributed by atoms with Crippen molar-refractivity contribution in [2.45, 2.75) is 18.9 Å². The molecule has 5 heteroatoms. The van der Waals surface area contributed by atoms with Gasteiger partial charge in [-0.15, -0.1) is 0 Å². The fourth-order valence-corrected chi connectivity index (χ4v) is 1.87. The van der Waals surface area contributed by atoms with E-state index in [2.05, 4.69) is 0 Å². The summed E-state index contributed by atoms with van der Waals surface area (Å²) in [6, 6.07) is 3.75. The molecule has 0 radical (unpaired) electrons. The predicted molar refractivity (Wildman–Crippen MR) is 64.3 cm³/mol. The van der Waals surface area contributed by atoms with E-state index in [1.54, 1.807) is 7.11 Å². The van der Waals surface area contributed by atoms with Crippen LogP contribution in [0.5, 0.6) is 17.2 Å². The topological polar surface area (TPSA) is 79.7 Å². The lowest BCUT2D eigenvalue weighted by atomic mass is 10.0. The summed E-state index contributed by atoms with van der Waals surface area (Å²) in [4.78, 5) is 0. The van der Waals surface area contributed by atoms with E-state index in [-0.39, 0.29) is 12.8 Å². The Morgan fingerprint density at radius 3 is 2.94 bits per heavy atom. The third-order valence-corrected chi connectivity index (χ3v) is 2.83. The number of benzene rings is 1. The molecule has 1 heterocycles. The van der Waals surface area contributed by atoms with Crippen molar-refractivity contribution in [2.24, 2.45) is 11.5 Å². The van der Waals surface area contributed by atoms with Crippen LogP contribution >= 0.6 is 0 Å². The smallest absolute Gasteiger partial charge is 0.231 e. The molecule has 1 aromatic rings. The first-order chi connectivity index (χ1) is 8.26. The number of methoxy groups -OCH3 is 1. The van der Waals surface area contributed by atoms with Gasteiger partial charge in [0, 0.05) is 6.04 Å². The normalized spacial score (nSPS) is 14.8. The molecular weight excluding hydrogens is 220 g/mol.